The third-order valence-electron chi connectivity index (χ3n) is 2.92. The molecule has 2 nitrogen and oxygen atoms in total. The van der Waals surface area contributed by atoms with E-state index in [4.69, 9.17) is 0 Å². The topological polar surface area (TPSA) is 15.3 Å². The summed E-state index contributed by atoms with van der Waals surface area (Å²) in [4.78, 5) is 2.68. The Labute approximate surface area is 89.1 Å². The molecule has 0 radical (unpaired) electrons. The van der Waals surface area contributed by atoms with E-state index in [2.05, 4.69) is 31.0 Å². The Kier molecular flexibility index (Phi) is 5.49. The van der Waals surface area contributed by atoms with Crippen LogP contribution in [-0.4, -0.2) is 36.6 Å². The van der Waals surface area contributed by atoms with E-state index >= 15 is 0 Å². The molecule has 1 rings (SSSR count). The molecule has 1 unspecified atom stereocenters. The monoisotopic (exact) mass is 198 g/mol. The van der Waals surface area contributed by atoms with Gasteiger partial charge in [0.05, 0.1) is 0 Å². The fourth-order valence-corrected chi connectivity index (χ4v) is 1.99. The van der Waals surface area contributed by atoms with Gasteiger partial charge in [-0.25, -0.2) is 0 Å². The van der Waals surface area contributed by atoms with Gasteiger partial charge in [-0.3, -0.25) is 4.90 Å². The van der Waals surface area contributed by atoms with Gasteiger partial charge in [-0.15, -0.1) is 0 Å². The summed E-state index contributed by atoms with van der Waals surface area (Å²) in [7, 11) is 0. The summed E-state index contributed by atoms with van der Waals surface area (Å²) in [6.07, 6.45) is 5.54. The quantitative estimate of drug-likeness (QED) is 0.643. The van der Waals surface area contributed by atoms with Crippen molar-refractivity contribution in [3.8, 4) is 0 Å². The minimum atomic E-state index is 0.650. The lowest BCUT2D eigenvalue weighted by Gasteiger charge is -2.25. The number of hydrogen-bond acceptors (Lipinski definition) is 2. The van der Waals surface area contributed by atoms with Crippen molar-refractivity contribution in [1.29, 1.82) is 0 Å². The summed E-state index contributed by atoms with van der Waals surface area (Å²) < 4.78 is 0. The van der Waals surface area contributed by atoms with E-state index in [9.17, 15) is 0 Å². The molecule has 0 saturated heterocycles. The van der Waals surface area contributed by atoms with Gasteiger partial charge in [0.1, 0.15) is 0 Å². The van der Waals surface area contributed by atoms with Crippen molar-refractivity contribution in [1.82, 2.24) is 10.2 Å². The van der Waals surface area contributed by atoms with Gasteiger partial charge < -0.3 is 5.32 Å². The van der Waals surface area contributed by atoms with E-state index in [1.807, 2.05) is 0 Å². The standard InChI is InChI=1S/C12H26N2/c1-4-6-9-14(12-7-8-12)10-11(3)13-5-2/h11-13H,4-10H2,1-3H3. The van der Waals surface area contributed by atoms with Crippen LogP contribution in [-0.2, 0) is 0 Å². The Hall–Kier alpha value is -0.0800. The Bertz CT molecular complexity index is 143. The highest BCUT2D eigenvalue weighted by Crippen LogP contribution is 2.27. The van der Waals surface area contributed by atoms with Gasteiger partial charge in [-0.1, -0.05) is 20.3 Å². The van der Waals surface area contributed by atoms with Crippen LogP contribution in [0.5, 0.6) is 0 Å². The zero-order chi connectivity index (χ0) is 10.4. The SMILES string of the molecule is CCCCN(CC(C)NCC)C1CC1. The van der Waals surface area contributed by atoms with Crippen LogP contribution < -0.4 is 5.32 Å². The molecule has 0 aromatic carbocycles. The van der Waals surface area contributed by atoms with Gasteiger partial charge in [-0.2, -0.15) is 0 Å². The molecule has 0 aliphatic heterocycles. The summed E-state index contributed by atoms with van der Waals surface area (Å²) >= 11 is 0. The van der Waals surface area contributed by atoms with Gasteiger partial charge in [0.2, 0.25) is 0 Å². The predicted octanol–water partition coefficient (Wildman–Crippen LogP) is 2.25. The van der Waals surface area contributed by atoms with E-state index in [0.29, 0.717) is 6.04 Å². The van der Waals surface area contributed by atoms with Gasteiger partial charge in [0.15, 0.2) is 0 Å². The lowest BCUT2D eigenvalue weighted by atomic mass is 10.2. The van der Waals surface area contributed by atoms with Crippen LogP contribution in [0.3, 0.4) is 0 Å². The number of rotatable bonds is 8. The zero-order valence-electron chi connectivity index (χ0n) is 10.1. The van der Waals surface area contributed by atoms with Crippen LogP contribution in [0.1, 0.15) is 46.5 Å². The Morgan fingerprint density at radius 1 is 1.36 bits per heavy atom. The normalized spacial score (nSPS) is 18.9. The number of hydrogen-bond donors (Lipinski definition) is 1. The molecule has 1 atom stereocenters. The molecule has 0 heterocycles. The second-order valence-corrected chi connectivity index (χ2v) is 4.54. The van der Waals surface area contributed by atoms with E-state index in [0.717, 1.165) is 12.6 Å². The fraction of sp³-hybridized carbons (Fsp3) is 1.00. The smallest absolute Gasteiger partial charge is 0.0166 e. The van der Waals surface area contributed by atoms with Crippen molar-refractivity contribution in [2.75, 3.05) is 19.6 Å². The predicted molar refractivity (Wildman–Crippen MR) is 62.6 cm³/mol. The van der Waals surface area contributed by atoms with E-state index in [1.165, 1.54) is 38.8 Å². The largest absolute Gasteiger partial charge is 0.313 e. The number of nitrogens with zero attached hydrogens (tertiary/aromatic N) is 1. The van der Waals surface area contributed by atoms with E-state index in [1.54, 1.807) is 0 Å². The third-order valence-corrected chi connectivity index (χ3v) is 2.92. The molecule has 0 aromatic heterocycles. The van der Waals surface area contributed by atoms with Crippen molar-refractivity contribution in [3.63, 3.8) is 0 Å². The average molecular weight is 198 g/mol. The molecule has 1 aliphatic carbocycles. The molecule has 1 saturated carbocycles. The summed E-state index contributed by atoms with van der Waals surface area (Å²) in [5.74, 6) is 0. The van der Waals surface area contributed by atoms with Crippen molar-refractivity contribution >= 4 is 0 Å². The number of nitrogens with one attached hydrogen (secondary N) is 1. The zero-order valence-corrected chi connectivity index (χ0v) is 10.1. The van der Waals surface area contributed by atoms with Crippen molar-refractivity contribution in [2.24, 2.45) is 0 Å². The van der Waals surface area contributed by atoms with Gasteiger partial charge >= 0.3 is 0 Å². The second-order valence-electron chi connectivity index (χ2n) is 4.54. The van der Waals surface area contributed by atoms with Gasteiger partial charge in [0, 0.05) is 18.6 Å². The average Bonchev–Trinajstić information content (AvgIpc) is 2.95. The molecular weight excluding hydrogens is 172 g/mol. The van der Waals surface area contributed by atoms with Crippen LogP contribution >= 0.6 is 0 Å². The highest BCUT2D eigenvalue weighted by molar-refractivity contribution is 4.86. The molecule has 0 amide bonds. The van der Waals surface area contributed by atoms with Crippen LogP contribution in [0.2, 0.25) is 0 Å². The maximum atomic E-state index is 3.49. The lowest BCUT2D eigenvalue weighted by molar-refractivity contribution is 0.235. The van der Waals surface area contributed by atoms with Crippen molar-refractivity contribution in [2.45, 2.75) is 58.5 Å². The first-order valence-corrected chi connectivity index (χ1v) is 6.25. The maximum Gasteiger partial charge on any atom is 0.0166 e. The Morgan fingerprint density at radius 3 is 2.57 bits per heavy atom. The highest BCUT2D eigenvalue weighted by Gasteiger charge is 2.28. The number of unbranched alkanes of at least 4 members (excludes halogenated alkanes) is 1. The third kappa shape index (κ3) is 4.43. The molecule has 0 spiro atoms. The fourth-order valence-electron chi connectivity index (χ4n) is 1.99. The number of likely N-dealkylation sites (N-methyl/N-ethyl adjacent to an activating group) is 1. The van der Waals surface area contributed by atoms with Crippen molar-refractivity contribution < 1.29 is 0 Å². The Balaban J connectivity index is 2.20. The van der Waals surface area contributed by atoms with Gasteiger partial charge in [-0.05, 0) is 39.3 Å². The summed E-state index contributed by atoms with van der Waals surface area (Å²) in [6.45, 7) is 10.4. The molecule has 84 valence electrons. The summed E-state index contributed by atoms with van der Waals surface area (Å²) in [5, 5.41) is 3.49. The Morgan fingerprint density at radius 2 is 2.07 bits per heavy atom. The summed E-state index contributed by atoms with van der Waals surface area (Å²) in [5.41, 5.74) is 0. The molecular formula is C12H26N2. The molecule has 1 fully saturated rings. The first-order valence-electron chi connectivity index (χ1n) is 6.25. The minimum Gasteiger partial charge on any atom is -0.313 e. The van der Waals surface area contributed by atoms with Gasteiger partial charge in [0.25, 0.3) is 0 Å². The maximum absolute atomic E-state index is 3.49. The lowest BCUT2D eigenvalue weighted by Crippen LogP contribution is -2.40. The molecule has 2 heteroatoms. The van der Waals surface area contributed by atoms with Crippen LogP contribution in [0.4, 0.5) is 0 Å². The first kappa shape index (κ1) is 12.0. The molecule has 1 N–H and O–H groups in total. The minimum absolute atomic E-state index is 0.650. The van der Waals surface area contributed by atoms with Crippen LogP contribution in [0.15, 0.2) is 0 Å². The van der Waals surface area contributed by atoms with E-state index in [-0.39, 0.29) is 0 Å². The second kappa shape index (κ2) is 6.41. The van der Waals surface area contributed by atoms with Crippen molar-refractivity contribution in [3.05, 3.63) is 0 Å². The van der Waals surface area contributed by atoms with E-state index < -0.39 is 0 Å². The molecule has 0 aromatic rings. The van der Waals surface area contributed by atoms with Crippen LogP contribution in [0.25, 0.3) is 0 Å². The summed E-state index contributed by atoms with van der Waals surface area (Å²) in [6, 6.07) is 1.57. The molecule has 14 heavy (non-hydrogen) atoms. The van der Waals surface area contributed by atoms with Crippen LogP contribution in [0, 0.1) is 0 Å². The first-order chi connectivity index (χ1) is 6.77. The molecule has 0 bridgehead atoms. The highest BCUT2D eigenvalue weighted by atomic mass is 15.2. The molecule has 1 aliphatic rings.